The molecule has 0 unspecified atom stereocenters. The Hall–Kier alpha value is -0.0800. The Morgan fingerprint density at radius 1 is 1.11 bits per heavy atom. The minimum atomic E-state index is 0.249. The summed E-state index contributed by atoms with van der Waals surface area (Å²) in [5, 5.41) is 3.62. The van der Waals surface area contributed by atoms with Crippen LogP contribution in [0.4, 0.5) is 0 Å². The van der Waals surface area contributed by atoms with Crippen molar-refractivity contribution in [1.82, 2.24) is 10.2 Å². The van der Waals surface area contributed by atoms with Gasteiger partial charge in [-0.2, -0.15) is 0 Å². The average Bonchev–Trinajstić information content (AvgIpc) is 2.74. The van der Waals surface area contributed by atoms with E-state index in [-0.39, 0.29) is 5.54 Å². The van der Waals surface area contributed by atoms with Gasteiger partial charge in [0.1, 0.15) is 0 Å². The number of hydrogen-bond donors (Lipinski definition) is 1. The SMILES string of the molecule is CC(C)CCN(CCNC(C)(C)C)C1CCCC1. The van der Waals surface area contributed by atoms with Gasteiger partial charge in [0.15, 0.2) is 0 Å². The zero-order valence-corrected chi connectivity index (χ0v) is 13.3. The molecule has 0 amide bonds. The second kappa shape index (κ2) is 7.49. The van der Waals surface area contributed by atoms with Crippen molar-refractivity contribution in [2.75, 3.05) is 19.6 Å². The van der Waals surface area contributed by atoms with Crippen molar-refractivity contribution < 1.29 is 0 Å². The Labute approximate surface area is 115 Å². The molecule has 0 aromatic rings. The lowest BCUT2D eigenvalue weighted by atomic mass is 10.1. The van der Waals surface area contributed by atoms with Gasteiger partial charge in [0.05, 0.1) is 0 Å². The first-order valence-corrected chi connectivity index (χ1v) is 7.87. The molecule has 1 rings (SSSR count). The standard InChI is InChI=1S/C16H34N2/c1-14(2)10-12-18(15-8-6-7-9-15)13-11-17-16(3,4)5/h14-15,17H,6-13H2,1-5H3. The molecule has 0 bridgehead atoms. The van der Waals surface area contributed by atoms with Crippen LogP contribution in [-0.4, -0.2) is 36.1 Å². The molecule has 1 aliphatic rings. The summed E-state index contributed by atoms with van der Waals surface area (Å²) in [6, 6.07) is 0.866. The van der Waals surface area contributed by atoms with Crippen molar-refractivity contribution in [1.29, 1.82) is 0 Å². The molecule has 0 aromatic carbocycles. The summed E-state index contributed by atoms with van der Waals surface area (Å²) in [7, 11) is 0. The molecule has 0 radical (unpaired) electrons. The molecule has 108 valence electrons. The monoisotopic (exact) mass is 254 g/mol. The van der Waals surface area contributed by atoms with Gasteiger partial charge in [-0.25, -0.2) is 0 Å². The second-order valence-corrected chi connectivity index (χ2v) is 7.33. The molecule has 1 aliphatic carbocycles. The van der Waals surface area contributed by atoms with Gasteiger partial charge >= 0.3 is 0 Å². The molecule has 1 saturated carbocycles. The van der Waals surface area contributed by atoms with E-state index in [1.807, 2.05) is 0 Å². The lowest BCUT2D eigenvalue weighted by molar-refractivity contribution is 0.183. The molecule has 18 heavy (non-hydrogen) atoms. The maximum atomic E-state index is 3.62. The van der Waals surface area contributed by atoms with Gasteiger partial charge in [-0.05, 0) is 52.5 Å². The molecule has 1 fully saturated rings. The maximum absolute atomic E-state index is 3.62. The minimum Gasteiger partial charge on any atom is -0.311 e. The van der Waals surface area contributed by atoms with Crippen LogP contribution in [0.1, 0.15) is 66.7 Å². The van der Waals surface area contributed by atoms with E-state index in [2.05, 4.69) is 44.8 Å². The fraction of sp³-hybridized carbons (Fsp3) is 1.00. The predicted octanol–water partition coefficient (Wildman–Crippen LogP) is 3.67. The van der Waals surface area contributed by atoms with Gasteiger partial charge in [0.25, 0.3) is 0 Å². The van der Waals surface area contributed by atoms with Crippen molar-refractivity contribution in [2.24, 2.45) is 5.92 Å². The van der Waals surface area contributed by atoms with Crippen LogP contribution >= 0.6 is 0 Å². The van der Waals surface area contributed by atoms with Gasteiger partial charge in [0, 0.05) is 24.7 Å². The molecule has 0 atom stereocenters. The predicted molar refractivity (Wildman–Crippen MR) is 81.0 cm³/mol. The fourth-order valence-electron chi connectivity index (χ4n) is 2.74. The van der Waals surface area contributed by atoms with Crippen LogP contribution in [0.3, 0.4) is 0 Å². The third kappa shape index (κ3) is 6.75. The third-order valence-electron chi connectivity index (χ3n) is 3.89. The van der Waals surface area contributed by atoms with E-state index in [9.17, 15) is 0 Å². The first-order valence-electron chi connectivity index (χ1n) is 7.87. The first-order chi connectivity index (χ1) is 8.38. The summed E-state index contributed by atoms with van der Waals surface area (Å²) in [6.07, 6.45) is 7.07. The molecular weight excluding hydrogens is 220 g/mol. The van der Waals surface area contributed by atoms with Gasteiger partial charge in [0.2, 0.25) is 0 Å². The Morgan fingerprint density at radius 2 is 1.72 bits per heavy atom. The van der Waals surface area contributed by atoms with E-state index < -0.39 is 0 Å². The molecule has 1 N–H and O–H groups in total. The molecule has 0 saturated heterocycles. The summed E-state index contributed by atoms with van der Waals surface area (Å²) in [5.41, 5.74) is 0.249. The lowest BCUT2D eigenvalue weighted by Crippen LogP contribution is -2.44. The normalized spacial score (nSPS) is 18.2. The summed E-state index contributed by atoms with van der Waals surface area (Å²) in [6.45, 7) is 15.0. The summed E-state index contributed by atoms with van der Waals surface area (Å²) in [4.78, 5) is 2.74. The van der Waals surface area contributed by atoms with Crippen LogP contribution < -0.4 is 5.32 Å². The highest BCUT2D eigenvalue weighted by molar-refractivity contribution is 4.79. The van der Waals surface area contributed by atoms with Crippen molar-refractivity contribution in [3.05, 3.63) is 0 Å². The van der Waals surface area contributed by atoms with Crippen LogP contribution in [0.2, 0.25) is 0 Å². The van der Waals surface area contributed by atoms with Crippen LogP contribution in [-0.2, 0) is 0 Å². The highest BCUT2D eigenvalue weighted by Gasteiger charge is 2.22. The minimum absolute atomic E-state index is 0.249. The van der Waals surface area contributed by atoms with Gasteiger partial charge in [-0.15, -0.1) is 0 Å². The van der Waals surface area contributed by atoms with E-state index in [4.69, 9.17) is 0 Å². The highest BCUT2D eigenvalue weighted by atomic mass is 15.2. The topological polar surface area (TPSA) is 15.3 Å². The Balaban J connectivity index is 2.34. The van der Waals surface area contributed by atoms with Crippen molar-refractivity contribution in [2.45, 2.75) is 78.3 Å². The third-order valence-corrected chi connectivity index (χ3v) is 3.89. The van der Waals surface area contributed by atoms with E-state index in [1.54, 1.807) is 0 Å². The summed E-state index contributed by atoms with van der Waals surface area (Å²) >= 11 is 0. The molecular formula is C16H34N2. The number of nitrogens with zero attached hydrogens (tertiary/aromatic N) is 1. The quantitative estimate of drug-likeness (QED) is 0.746. The zero-order chi connectivity index (χ0) is 13.6. The van der Waals surface area contributed by atoms with E-state index in [0.29, 0.717) is 0 Å². The molecule has 0 aromatic heterocycles. The Kier molecular flexibility index (Phi) is 6.65. The molecule has 2 heteroatoms. The van der Waals surface area contributed by atoms with Crippen LogP contribution in [0.25, 0.3) is 0 Å². The fourth-order valence-corrected chi connectivity index (χ4v) is 2.74. The Bertz CT molecular complexity index is 212. The molecule has 2 nitrogen and oxygen atoms in total. The largest absolute Gasteiger partial charge is 0.311 e. The smallest absolute Gasteiger partial charge is 0.0110 e. The van der Waals surface area contributed by atoms with Crippen LogP contribution in [0.5, 0.6) is 0 Å². The molecule has 0 spiro atoms. The summed E-state index contributed by atoms with van der Waals surface area (Å²) < 4.78 is 0. The second-order valence-electron chi connectivity index (χ2n) is 7.33. The lowest BCUT2D eigenvalue weighted by Gasteiger charge is -2.31. The Morgan fingerprint density at radius 3 is 2.22 bits per heavy atom. The van der Waals surface area contributed by atoms with E-state index in [1.165, 1.54) is 45.2 Å². The van der Waals surface area contributed by atoms with Gasteiger partial charge in [-0.3, -0.25) is 4.90 Å². The van der Waals surface area contributed by atoms with Crippen LogP contribution in [0.15, 0.2) is 0 Å². The highest BCUT2D eigenvalue weighted by Crippen LogP contribution is 2.23. The first kappa shape index (κ1) is 16.0. The van der Waals surface area contributed by atoms with Crippen molar-refractivity contribution >= 4 is 0 Å². The zero-order valence-electron chi connectivity index (χ0n) is 13.3. The average molecular weight is 254 g/mol. The van der Waals surface area contributed by atoms with E-state index in [0.717, 1.165) is 18.5 Å². The summed E-state index contributed by atoms with van der Waals surface area (Å²) in [5.74, 6) is 0.824. The number of rotatable bonds is 7. The molecule has 0 aliphatic heterocycles. The van der Waals surface area contributed by atoms with E-state index >= 15 is 0 Å². The van der Waals surface area contributed by atoms with Gasteiger partial charge < -0.3 is 5.32 Å². The number of nitrogens with one attached hydrogen (secondary N) is 1. The van der Waals surface area contributed by atoms with Crippen molar-refractivity contribution in [3.8, 4) is 0 Å². The van der Waals surface area contributed by atoms with Crippen molar-refractivity contribution in [3.63, 3.8) is 0 Å². The number of hydrogen-bond acceptors (Lipinski definition) is 2. The van der Waals surface area contributed by atoms with Gasteiger partial charge in [-0.1, -0.05) is 26.7 Å². The molecule has 0 heterocycles. The van der Waals surface area contributed by atoms with Crippen LogP contribution in [0, 0.1) is 5.92 Å². The maximum Gasteiger partial charge on any atom is 0.0110 e.